The van der Waals surface area contributed by atoms with Gasteiger partial charge in [0.05, 0.1) is 0 Å². The van der Waals surface area contributed by atoms with Gasteiger partial charge < -0.3 is 10.1 Å². The van der Waals surface area contributed by atoms with Gasteiger partial charge in [0.2, 0.25) is 0 Å². The van der Waals surface area contributed by atoms with Gasteiger partial charge in [0.25, 0.3) is 0 Å². The normalized spacial score (nSPS) is 10.5. The van der Waals surface area contributed by atoms with E-state index >= 15 is 0 Å². The number of rotatable bonds is 7. The predicted octanol–water partition coefficient (Wildman–Crippen LogP) is 3.97. The van der Waals surface area contributed by atoms with Gasteiger partial charge in [0.1, 0.15) is 12.4 Å². The molecule has 0 saturated heterocycles. The van der Waals surface area contributed by atoms with Crippen molar-refractivity contribution in [1.29, 1.82) is 0 Å². The Morgan fingerprint density at radius 2 is 1.92 bits per heavy atom. The molecule has 1 amide bonds. The summed E-state index contributed by atoms with van der Waals surface area (Å²) in [6.07, 6.45) is 4.14. The molecule has 0 spiro atoms. The molecule has 0 atom stereocenters. The van der Waals surface area contributed by atoms with Gasteiger partial charge in [-0.2, -0.15) is 0 Å². The van der Waals surface area contributed by atoms with Crippen molar-refractivity contribution in [1.82, 2.24) is 5.32 Å². The van der Waals surface area contributed by atoms with Crippen LogP contribution in [0.5, 0.6) is 0 Å². The van der Waals surface area contributed by atoms with Crippen LogP contribution in [0.2, 0.25) is 0 Å². The van der Waals surface area contributed by atoms with Crippen LogP contribution >= 0.6 is 0 Å². The summed E-state index contributed by atoms with van der Waals surface area (Å²) in [5.74, 6) is -0.400. The monoisotopic (exact) mass is 327 g/mol. The lowest BCUT2D eigenvalue weighted by molar-refractivity contribution is 0.112. The largest absolute Gasteiger partial charge is 0.445 e. The van der Waals surface area contributed by atoms with Crippen LogP contribution in [0.3, 0.4) is 0 Å². The second-order valence-corrected chi connectivity index (χ2v) is 5.07. The zero-order valence-corrected chi connectivity index (χ0v) is 13.1. The van der Waals surface area contributed by atoms with Crippen molar-refractivity contribution in [3.05, 3.63) is 77.1 Å². The molecule has 2 aromatic carbocycles. The highest BCUT2D eigenvalue weighted by Crippen LogP contribution is 2.11. The van der Waals surface area contributed by atoms with Crippen molar-refractivity contribution in [2.24, 2.45) is 0 Å². The van der Waals surface area contributed by atoms with Gasteiger partial charge in [-0.3, -0.25) is 4.79 Å². The standard InChI is InChI=1S/C19H18FNO3/c20-18-10-9-17(13-22)16(12-18)8-4-5-11-21-19(23)24-14-15-6-2-1-3-7-15/h1-4,6-10,12-13H,5,11,14H2,(H,21,23). The quantitative estimate of drug-likeness (QED) is 0.618. The third-order valence-corrected chi connectivity index (χ3v) is 3.27. The Morgan fingerprint density at radius 3 is 2.67 bits per heavy atom. The first-order valence-corrected chi connectivity index (χ1v) is 7.55. The van der Waals surface area contributed by atoms with E-state index in [1.54, 1.807) is 12.2 Å². The fourth-order valence-corrected chi connectivity index (χ4v) is 2.04. The summed E-state index contributed by atoms with van der Waals surface area (Å²) < 4.78 is 18.2. The van der Waals surface area contributed by atoms with Crippen LogP contribution in [0.1, 0.15) is 27.9 Å². The SMILES string of the molecule is O=Cc1ccc(F)cc1C=CCCNC(=O)OCc1ccccc1. The molecule has 0 aliphatic rings. The van der Waals surface area contributed by atoms with Gasteiger partial charge in [-0.25, -0.2) is 9.18 Å². The maximum atomic E-state index is 13.2. The van der Waals surface area contributed by atoms with Crippen molar-refractivity contribution in [2.75, 3.05) is 6.54 Å². The highest BCUT2D eigenvalue weighted by atomic mass is 19.1. The van der Waals surface area contributed by atoms with Gasteiger partial charge in [0, 0.05) is 12.1 Å². The Hall–Kier alpha value is -2.95. The fourth-order valence-electron chi connectivity index (χ4n) is 2.04. The number of hydrogen-bond donors (Lipinski definition) is 1. The first-order valence-electron chi connectivity index (χ1n) is 7.55. The molecule has 24 heavy (non-hydrogen) atoms. The molecule has 124 valence electrons. The molecule has 0 unspecified atom stereocenters. The van der Waals surface area contributed by atoms with Crippen LogP contribution in [0.25, 0.3) is 6.08 Å². The van der Waals surface area contributed by atoms with Gasteiger partial charge in [-0.05, 0) is 35.7 Å². The van der Waals surface area contributed by atoms with Crippen molar-refractivity contribution in [3.8, 4) is 0 Å². The Bertz CT molecular complexity index is 714. The Labute approximate surface area is 140 Å². The van der Waals surface area contributed by atoms with Crippen LogP contribution in [0, 0.1) is 5.82 Å². The molecule has 1 N–H and O–H groups in total. The van der Waals surface area contributed by atoms with Gasteiger partial charge in [-0.1, -0.05) is 42.5 Å². The van der Waals surface area contributed by atoms with Crippen LogP contribution in [-0.2, 0) is 11.3 Å². The summed E-state index contributed by atoms with van der Waals surface area (Å²) in [6.45, 7) is 0.602. The molecule has 0 aromatic heterocycles. The van der Waals surface area contributed by atoms with E-state index in [1.807, 2.05) is 30.3 Å². The lowest BCUT2D eigenvalue weighted by Crippen LogP contribution is -2.24. The van der Waals surface area contributed by atoms with Gasteiger partial charge >= 0.3 is 6.09 Å². The van der Waals surface area contributed by atoms with E-state index in [0.717, 1.165) is 5.56 Å². The number of nitrogens with one attached hydrogen (secondary N) is 1. The summed E-state index contributed by atoms with van der Waals surface area (Å²) >= 11 is 0. The summed E-state index contributed by atoms with van der Waals surface area (Å²) in [4.78, 5) is 22.4. The molecular weight excluding hydrogens is 309 g/mol. The summed E-state index contributed by atoms with van der Waals surface area (Å²) in [6, 6.07) is 13.4. The summed E-state index contributed by atoms with van der Waals surface area (Å²) in [5.41, 5.74) is 1.85. The van der Waals surface area contributed by atoms with Crippen LogP contribution in [0.4, 0.5) is 9.18 Å². The maximum Gasteiger partial charge on any atom is 0.407 e. The second kappa shape index (κ2) is 9.25. The molecule has 0 fully saturated rings. The molecule has 0 aliphatic heterocycles. The number of carbonyl (C=O) groups excluding carboxylic acids is 2. The molecule has 2 aromatic rings. The lowest BCUT2D eigenvalue weighted by atomic mass is 10.1. The topological polar surface area (TPSA) is 55.4 Å². The van der Waals surface area contributed by atoms with E-state index in [1.165, 1.54) is 18.2 Å². The highest BCUT2D eigenvalue weighted by molar-refractivity contribution is 5.81. The fraction of sp³-hybridized carbons (Fsp3) is 0.158. The Balaban J connectivity index is 1.71. The number of ether oxygens (including phenoxy) is 1. The molecule has 0 saturated carbocycles. The zero-order valence-electron chi connectivity index (χ0n) is 13.1. The highest BCUT2D eigenvalue weighted by Gasteiger charge is 2.02. The molecule has 0 aliphatic carbocycles. The number of amides is 1. The van der Waals surface area contributed by atoms with E-state index in [-0.39, 0.29) is 6.61 Å². The van der Waals surface area contributed by atoms with E-state index in [4.69, 9.17) is 4.74 Å². The third kappa shape index (κ3) is 5.68. The average molecular weight is 327 g/mol. The van der Waals surface area contributed by atoms with Crippen LogP contribution in [-0.4, -0.2) is 18.9 Å². The van der Waals surface area contributed by atoms with E-state index in [9.17, 15) is 14.0 Å². The Kier molecular flexibility index (Phi) is 6.71. The molecular formula is C19H18FNO3. The summed E-state index contributed by atoms with van der Waals surface area (Å²) in [7, 11) is 0. The molecule has 0 heterocycles. The van der Waals surface area contributed by atoms with Crippen molar-refractivity contribution < 1.29 is 18.7 Å². The van der Waals surface area contributed by atoms with Gasteiger partial charge in [-0.15, -0.1) is 0 Å². The summed E-state index contributed by atoms with van der Waals surface area (Å²) in [5, 5.41) is 2.62. The van der Waals surface area contributed by atoms with Crippen molar-refractivity contribution >= 4 is 18.5 Å². The number of halogens is 1. The van der Waals surface area contributed by atoms with E-state index in [0.29, 0.717) is 30.4 Å². The number of carbonyl (C=O) groups is 2. The van der Waals surface area contributed by atoms with Gasteiger partial charge in [0.15, 0.2) is 6.29 Å². The molecule has 2 rings (SSSR count). The lowest BCUT2D eigenvalue weighted by Gasteiger charge is -2.06. The minimum absolute atomic E-state index is 0.217. The molecule has 4 nitrogen and oxygen atoms in total. The number of hydrogen-bond acceptors (Lipinski definition) is 3. The second-order valence-electron chi connectivity index (χ2n) is 5.07. The first kappa shape index (κ1) is 17.4. The molecule has 5 heteroatoms. The van der Waals surface area contributed by atoms with E-state index < -0.39 is 11.9 Å². The first-order chi connectivity index (χ1) is 11.7. The minimum Gasteiger partial charge on any atom is -0.445 e. The van der Waals surface area contributed by atoms with Crippen LogP contribution < -0.4 is 5.32 Å². The van der Waals surface area contributed by atoms with Crippen molar-refractivity contribution in [2.45, 2.75) is 13.0 Å². The maximum absolute atomic E-state index is 13.2. The Morgan fingerprint density at radius 1 is 1.12 bits per heavy atom. The van der Waals surface area contributed by atoms with Crippen LogP contribution in [0.15, 0.2) is 54.6 Å². The zero-order chi connectivity index (χ0) is 17.2. The number of benzene rings is 2. The predicted molar refractivity (Wildman–Crippen MR) is 90.1 cm³/mol. The smallest absolute Gasteiger partial charge is 0.407 e. The van der Waals surface area contributed by atoms with E-state index in [2.05, 4.69) is 5.32 Å². The van der Waals surface area contributed by atoms with Crippen molar-refractivity contribution in [3.63, 3.8) is 0 Å². The number of aldehydes is 1. The molecule has 0 bridgehead atoms. The third-order valence-electron chi connectivity index (χ3n) is 3.27. The molecule has 0 radical (unpaired) electrons. The minimum atomic E-state index is -0.494. The number of alkyl carbamates (subject to hydrolysis) is 1. The average Bonchev–Trinajstić information content (AvgIpc) is 2.61.